The lowest BCUT2D eigenvalue weighted by Crippen LogP contribution is -2.17. The second kappa shape index (κ2) is 8.78. The molecular weight excluding hydrogens is 406 g/mol. The normalized spacial score (nSPS) is 10.7. The lowest BCUT2D eigenvalue weighted by molar-refractivity contribution is -0.384. The highest BCUT2D eigenvalue weighted by Crippen LogP contribution is 2.31. The van der Waals surface area contributed by atoms with E-state index in [9.17, 15) is 24.5 Å². The molecule has 0 radical (unpaired) electrons. The van der Waals surface area contributed by atoms with Crippen molar-refractivity contribution in [3.05, 3.63) is 79.2 Å². The molecule has 1 heterocycles. The van der Waals surface area contributed by atoms with Gasteiger partial charge >= 0.3 is 11.6 Å². The number of non-ortho nitro benzene ring substituents is 1. The second-order valence-corrected chi connectivity index (χ2v) is 6.90. The number of hydrogen-bond acceptors (Lipinski definition) is 8. The second-order valence-electron chi connectivity index (χ2n) is 6.90. The fourth-order valence-corrected chi connectivity index (χ4v) is 3.19. The lowest BCUT2D eigenvalue weighted by Gasteiger charge is -2.13. The maximum absolute atomic E-state index is 12.5. The number of Topliss-reactive ketones (excluding diaryl/α,β-unsaturated/α-hetero) is 1. The molecule has 0 unspecified atom stereocenters. The van der Waals surface area contributed by atoms with E-state index in [0.717, 1.165) is 5.56 Å². The molecule has 2 aromatic carbocycles. The molecule has 0 amide bonds. The molecule has 3 aromatic rings. The summed E-state index contributed by atoms with van der Waals surface area (Å²) in [5, 5.41) is 11.4. The van der Waals surface area contributed by atoms with Gasteiger partial charge in [-0.25, -0.2) is 4.79 Å². The minimum Gasteiger partial charge on any atom is -0.485 e. The van der Waals surface area contributed by atoms with Gasteiger partial charge in [-0.3, -0.25) is 19.7 Å². The maximum atomic E-state index is 12.5. The van der Waals surface area contributed by atoms with Gasteiger partial charge in [0.2, 0.25) is 0 Å². The summed E-state index contributed by atoms with van der Waals surface area (Å²) in [5.41, 5.74) is 0.896. The number of ketones is 1. The standard InChI is InChI=1S/C22H19NO8/c1-12-7-18(30-11-17(24)14-5-4-6-15(9-14)23(27)28)21-13(2)16(10-20(25)29-3)22(26)31-19(21)8-12/h4-9H,10-11H2,1-3H3. The molecule has 0 fully saturated rings. The smallest absolute Gasteiger partial charge is 0.340 e. The number of carbonyl (C=O) groups excluding carboxylic acids is 2. The van der Waals surface area contributed by atoms with E-state index in [4.69, 9.17) is 9.15 Å². The number of methoxy groups -OCH3 is 1. The number of aryl methyl sites for hydroxylation is 2. The van der Waals surface area contributed by atoms with Gasteiger partial charge in [-0.15, -0.1) is 0 Å². The summed E-state index contributed by atoms with van der Waals surface area (Å²) in [4.78, 5) is 46.9. The molecule has 0 aliphatic heterocycles. The number of nitro groups is 1. The molecule has 160 valence electrons. The summed E-state index contributed by atoms with van der Waals surface area (Å²) in [5.74, 6) is -0.755. The predicted octanol–water partition coefficient (Wildman–Crippen LogP) is 3.30. The van der Waals surface area contributed by atoms with Crippen LogP contribution in [0.2, 0.25) is 0 Å². The third-order valence-electron chi connectivity index (χ3n) is 4.77. The van der Waals surface area contributed by atoms with Crippen LogP contribution in [0.3, 0.4) is 0 Å². The van der Waals surface area contributed by atoms with Gasteiger partial charge in [0.1, 0.15) is 11.3 Å². The summed E-state index contributed by atoms with van der Waals surface area (Å²) in [6, 6.07) is 8.69. The number of carbonyl (C=O) groups is 2. The zero-order valence-electron chi connectivity index (χ0n) is 17.1. The zero-order valence-corrected chi connectivity index (χ0v) is 17.1. The Bertz CT molecular complexity index is 1260. The molecule has 0 bridgehead atoms. The van der Waals surface area contributed by atoms with Gasteiger partial charge < -0.3 is 13.9 Å². The topological polar surface area (TPSA) is 126 Å². The average Bonchev–Trinajstić information content (AvgIpc) is 2.74. The number of fused-ring (bicyclic) bond motifs is 1. The number of nitrogens with zero attached hydrogens (tertiary/aromatic N) is 1. The Morgan fingerprint density at radius 1 is 1.16 bits per heavy atom. The first kappa shape index (κ1) is 21.7. The van der Waals surface area contributed by atoms with E-state index in [1.165, 1.54) is 31.4 Å². The van der Waals surface area contributed by atoms with E-state index in [1.807, 2.05) is 0 Å². The van der Waals surface area contributed by atoms with E-state index in [1.54, 1.807) is 26.0 Å². The summed E-state index contributed by atoms with van der Waals surface area (Å²) in [6.45, 7) is 3.04. The molecule has 0 saturated carbocycles. The molecule has 0 aliphatic carbocycles. The molecule has 9 nitrogen and oxygen atoms in total. The molecule has 0 N–H and O–H groups in total. The molecule has 3 rings (SSSR count). The highest BCUT2D eigenvalue weighted by Gasteiger charge is 2.19. The number of hydrogen-bond donors (Lipinski definition) is 0. The molecule has 0 saturated heterocycles. The van der Waals surface area contributed by atoms with Crippen molar-refractivity contribution in [2.45, 2.75) is 20.3 Å². The number of ether oxygens (including phenoxy) is 2. The molecule has 9 heteroatoms. The van der Waals surface area contributed by atoms with Gasteiger partial charge in [-0.05, 0) is 37.1 Å². The van der Waals surface area contributed by atoms with Crippen molar-refractivity contribution in [3.8, 4) is 5.75 Å². The van der Waals surface area contributed by atoms with Crippen molar-refractivity contribution in [3.63, 3.8) is 0 Å². The van der Waals surface area contributed by atoms with Gasteiger partial charge in [0.25, 0.3) is 5.69 Å². The van der Waals surface area contributed by atoms with Crippen LogP contribution in [0.15, 0.2) is 45.6 Å². The first-order valence-electron chi connectivity index (χ1n) is 9.25. The fourth-order valence-electron chi connectivity index (χ4n) is 3.19. The van der Waals surface area contributed by atoms with Crippen molar-refractivity contribution >= 4 is 28.4 Å². The van der Waals surface area contributed by atoms with Crippen LogP contribution in [0.5, 0.6) is 5.75 Å². The van der Waals surface area contributed by atoms with Crippen LogP contribution in [0.1, 0.15) is 27.0 Å². The Morgan fingerprint density at radius 2 is 1.90 bits per heavy atom. The molecule has 0 spiro atoms. The first-order chi connectivity index (χ1) is 14.7. The maximum Gasteiger partial charge on any atom is 0.340 e. The lowest BCUT2D eigenvalue weighted by atomic mass is 10.0. The van der Waals surface area contributed by atoms with E-state index in [0.29, 0.717) is 16.7 Å². The quantitative estimate of drug-likeness (QED) is 0.186. The van der Waals surface area contributed by atoms with Crippen molar-refractivity contribution in [1.82, 2.24) is 0 Å². The average molecular weight is 425 g/mol. The van der Waals surface area contributed by atoms with Crippen LogP contribution in [0.25, 0.3) is 11.0 Å². The van der Waals surface area contributed by atoms with Crippen LogP contribution in [0, 0.1) is 24.0 Å². The van der Waals surface area contributed by atoms with Crippen molar-refractivity contribution in [2.24, 2.45) is 0 Å². The van der Waals surface area contributed by atoms with Gasteiger partial charge in [0.05, 0.1) is 29.4 Å². The Hall–Kier alpha value is -4.01. The Kier molecular flexibility index (Phi) is 6.15. The number of nitro benzene ring substituents is 1. The summed E-state index contributed by atoms with van der Waals surface area (Å²) in [6.07, 6.45) is -0.263. The first-order valence-corrected chi connectivity index (χ1v) is 9.25. The number of rotatable bonds is 7. The van der Waals surface area contributed by atoms with Gasteiger partial charge in [0.15, 0.2) is 12.4 Å². The molecule has 0 atom stereocenters. The highest BCUT2D eigenvalue weighted by atomic mass is 16.6. The third kappa shape index (κ3) is 4.61. The van der Waals surface area contributed by atoms with E-state index >= 15 is 0 Å². The van der Waals surface area contributed by atoms with Crippen molar-refractivity contribution < 1.29 is 28.4 Å². The minimum absolute atomic E-state index is 0.137. The van der Waals surface area contributed by atoms with E-state index in [-0.39, 0.29) is 35.4 Å². The summed E-state index contributed by atoms with van der Waals surface area (Å²) in [7, 11) is 1.22. The summed E-state index contributed by atoms with van der Waals surface area (Å²) < 4.78 is 15.7. The molecular formula is C22H19NO8. The van der Waals surface area contributed by atoms with Crippen LogP contribution < -0.4 is 10.4 Å². The van der Waals surface area contributed by atoms with Crippen molar-refractivity contribution in [2.75, 3.05) is 13.7 Å². The molecule has 31 heavy (non-hydrogen) atoms. The molecule has 0 aliphatic rings. The van der Waals surface area contributed by atoms with Gasteiger partial charge in [-0.2, -0.15) is 0 Å². The van der Waals surface area contributed by atoms with Gasteiger partial charge in [0, 0.05) is 17.7 Å². The predicted molar refractivity (Wildman–Crippen MR) is 111 cm³/mol. The van der Waals surface area contributed by atoms with Crippen LogP contribution >= 0.6 is 0 Å². The Morgan fingerprint density at radius 3 is 2.58 bits per heavy atom. The van der Waals surface area contributed by atoms with Crippen LogP contribution in [0.4, 0.5) is 5.69 Å². The third-order valence-corrected chi connectivity index (χ3v) is 4.77. The number of esters is 1. The molecule has 1 aromatic heterocycles. The SMILES string of the molecule is COC(=O)Cc1c(C)c2c(OCC(=O)c3cccc([N+](=O)[O-])c3)cc(C)cc2oc1=O. The minimum atomic E-state index is -0.653. The number of benzene rings is 2. The Balaban J connectivity index is 1.98. The largest absolute Gasteiger partial charge is 0.485 e. The highest BCUT2D eigenvalue weighted by molar-refractivity contribution is 5.98. The van der Waals surface area contributed by atoms with E-state index < -0.39 is 22.3 Å². The fraction of sp³-hybridized carbons (Fsp3) is 0.227. The van der Waals surface area contributed by atoms with Crippen LogP contribution in [-0.4, -0.2) is 30.4 Å². The monoisotopic (exact) mass is 425 g/mol. The van der Waals surface area contributed by atoms with Gasteiger partial charge in [-0.1, -0.05) is 12.1 Å². The Labute approximate surface area is 176 Å². The summed E-state index contributed by atoms with van der Waals surface area (Å²) >= 11 is 0. The van der Waals surface area contributed by atoms with E-state index in [2.05, 4.69) is 4.74 Å². The van der Waals surface area contributed by atoms with Crippen LogP contribution in [-0.2, 0) is 16.0 Å². The zero-order chi connectivity index (χ0) is 22.7. The van der Waals surface area contributed by atoms with Crippen molar-refractivity contribution in [1.29, 1.82) is 0 Å².